The van der Waals surface area contributed by atoms with Crippen molar-refractivity contribution in [2.24, 2.45) is 0 Å². The van der Waals surface area contributed by atoms with Crippen molar-refractivity contribution in [3.05, 3.63) is 89.5 Å². The predicted octanol–water partition coefficient (Wildman–Crippen LogP) is 6.57. The molecule has 0 aliphatic heterocycles. The molecule has 0 bridgehead atoms. The number of pyridine rings is 1. The smallest absolute Gasteiger partial charge is 0.416 e. The number of aryl methyl sites for hydroxylation is 1. The van der Waals surface area contributed by atoms with Gasteiger partial charge in [0.1, 0.15) is 0 Å². The second kappa shape index (κ2) is 8.86. The van der Waals surface area contributed by atoms with Crippen molar-refractivity contribution < 1.29 is 27.9 Å². The number of halogens is 3. The molecule has 0 fully saturated rings. The molecule has 3 N–H and O–H groups in total. The minimum atomic E-state index is -4.55. The molecule has 4 rings (SSSR count). The van der Waals surface area contributed by atoms with Crippen LogP contribution in [0.2, 0.25) is 0 Å². The first-order valence-electron chi connectivity index (χ1n) is 10.1. The van der Waals surface area contributed by atoms with Crippen molar-refractivity contribution in [1.82, 2.24) is 4.98 Å². The normalized spacial score (nSPS) is 11.3. The molecule has 9 heteroatoms. The predicted molar refractivity (Wildman–Crippen MR) is 123 cm³/mol. The van der Waals surface area contributed by atoms with Gasteiger partial charge in [0.2, 0.25) is 0 Å². The molecule has 0 saturated heterocycles. The molecule has 0 aliphatic rings. The number of hydrogen-bond acceptors (Lipinski definition) is 3. The molecule has 172 valence electrons. The standard InChI is InChI=1S/C25H18F3N3O3/c1-14-6-9-18(13-20(14)25(26,27)28)29-23(32)19-12-16-4-2-3-5-21(16)31-22(19)15-7-10-17(11-8-15)30-24(33)34/h2-13,30H,1H3,(H,29,32)(H,33,34). The minimum Gasteiger partial charge on any atom is -0.465 e. The fourth-order valence-electron chi connectivity index (χ4n) is 3.55. The molecular formula is C25H18F3N3O3. The van der Waals surface area contributed by atoms with E-state index in [1.807, 2.05) is 0 Å². The van der Waals surface area contributed by atoms with Gasteiger partial charge in [-0.25, -0.2) is 9.78 Å². The van der Waals surface area contributed by atoms with E-state index in [1.165, 1.54) is 31.2 Å². The number of aromatic nitrogens is 1. The van der Waals surface area contributed by atoms with Crippen LogP contribution >= 0.6 is 0 Å². The Morgan fingerprint density at radius 2 is 1.56 bits per heavy atom. The molecule has 0 unspecified atom stereocenters. The number of para-hydroxylation sites is 1. The minimum absolute atomic E-state index is 0.00281. The maximum atomic E-state index is 13.3. The second-order valence-electron chi connectivity index (χ2n) is 7.57. The van der Waals surface area contributed by atoms with Gasteiger partial charge >= 0.3 is 12.3 Å². The Kier molecular flexibility index (Phi) is 5.93. The molecule has 1 aromatic heterocycles. The summed E-state index contributed by atoms with van der Waals surface area (Å²) in [5, 5.41) is 14.3. The first-order chi connectivity index (χ1) is 16.1. The van der Waals surface area contributed by atoms with Gasteiger partial charge in [0.25, 0.3) is 5.91 Å². The third-order valence-electron chi connectivity index (χ3n) is 5.18. The molecule has 0 saturated carbocycles. The molecule has 4 aromatic rings. The van der Waals surface area contributed by atoms with E-state index in [-0.39, 0.29) is 16.8 Å². The van der Waals surface area contributed by atoms with Crippen LogP contribution in [0.3, 0.4) is 0 Å². The highest BCUT2D eigenvalue weighted by atomic mass is 19.4. The highest BCUT2D eigenvalue weighted by Crippen LogP contribution is 2.34. The lowest BCUT2D eigenvalue weighted by atomic mass is 10.0. The van der Waals surface area contributed by atoms with Crippen molar-refractivity contribution in [3.8, 4) is 11.3 Å². The molecule has 0 spiro atoms. The summed E-state index contributed by atoms with van der Waals surface area (Å²) in [5.74, 6) is -0.627. The number of rotatable bonds is 4. The summed E-state index contributed by atoms with van der Waals surface area (Å²) in [5.41, 5.74) is 1.18. The zero-order valence-electron chi connectivity index (χ0n) is 17.8. The van der Waals surface area contributed by atoms with Crippen LogP contribution in [-0.4, -0.2) is 22.1 Å². The first kappa shape index (κ1) is 22.8. The molecule has 0 atom stereocenters. The summed E-state index contributed by atoms with van der Waals surface area (Å²) in [6, 6.07) is 18.6. The van der Waals surface area contributed by atoms with Crippen molar-refractivity contribution in [3.63, 3.8) is 0 Å². The Morgan fingerprint density at radius 3 is 2.24 bits per heavy atom. The van der Waals surface area contributed by atoms with E-state index < -0.39 is 23.7 Å². The van der Waals surface area contributed by atoms with E-state index in [4.69, 9.17) is 5.11 Å². The number of hydrogen-bond donors (Lipinski definition) is 3. The summed E-state index contributed by atoms with van der Waals surface area (Å²) in [7, 11) is 0. The van der Waals surface area contributed by atoms with Crippen LogP contribution in [0.5, 0.6) is 0 Å². The number of nitrogens with one attached hydrogen (secondary N) is 2. The van der Waals surface area contributed by atoms with Crippen LogP contribution in [0.4, 0.5) is 29.3 Å². The number of benzene rings is 3. The van der Waals surface area contributed by atoms with Crippen LogP contribution in [0.15, 0.2) is 72.8 Å². The topological polar surface area (TPSA) is 91.3 Å². The van der Waals surface area contributed by atoms with Crippen LogP contribution in [-0.2, 0) is 6.18 Å². The van der Waals surface area contributed by atoms with Gasteiger partial charge in [-0.3, -0.25) is 10.1 Å². The zero-order valence-corrected chi connectivity index (χ0v) is 17.8. The number of anilines is 2. The van der Waals surface area contributed by atoms with Gasteiger partial charge in [-0.2, -0.15) is 13.2 Å². The van der Waals surface area contributed by atoms with Gasteiger partial charge < -0.3 is 10.4 Å². The number of amides is 2. The summed E-state index contributed by atoms with van der Waals surface area (Å²) >= 11 is 0. The van der Waals surface area contributed by atoms with E-state index >= 15 is 0 Å². The lowest BCUT2D eigenvalue weighted by Crippen LogP contribution is -2.15. The third-order valence-corrected chi connectivity index (χ3v) is 5.18. The van der Waals surface area contributed by atoms with E-state index in [9.17, 15) is 22.8 Å². The summed E-state index contributed by atoms with van der Waals surface area (Å²) in [6.45, 7) is 1.35. The Hall–Kier alpha value is -4.40. The Bertz CT molecular complexity index is 1400. The fraction of sp³-hybridized carbons (Fsp3) is 0.0800. The van der Waals surface area contributed by atoms with E-state index in [0.29, 0.717) is 27.8 Å². The molecule has 3 aromatic carbocycles. The third kappa shape index (κ3) is 4.83. The maximum absolute atomic E-state index is 13.3. The average molecular weight is 465 g/mol. The van der Waals surface area contributed by atoms with E-state index in [0.717, 1.165) is 6.07 Å². The second-order valence-corrected chi connectivity index (χ2v) is 7.57. The largest absolute Gasteiger partial charge is 0.465 e. The molecular weight excluding hydrogens is 447 g/mol. The average Bonchev–Trinajstić information content (AvgIpc) is 2.79. The number of fused-ring (bicyclic) bond motifs is 1. The van der Waals surface area contributed by atoms with Gasteiger partial charge in [0.05, 0.1) is 22.3 Å². The van der Waals surface area contributed by atoms with Crippen LogP contribution < -0.4 is 10.6 Å². The molecule has 1 heterocycles. The number of carboxylic acid groups (broad SMARTS) is 1. The Labute approximate surface area is 192 Å². The zero-order chi connectivity index (χ0) is 24.5. The van der Waals surface area contributed by atoms with Crippen molar-refractivity contribution in [2.45, 2.75) is 13.1 Å². The first-order valence-corrected chi connectivity index (χ1v) is 10.1. The Morgan fingerprint density at radius 1 is 0.882 bits per heavy atom. The molecule has 34 heavy (non-hydrogen) atoms. The van der Waals surface area contributed by atoms with Gasteiger partial charge in [0, 0.05) is 22.3 Å². The van der Waals surface area contributed by atoms with Gasteiger partial charge in [0.15, 0.2) is 0 Å². The lowest BCUT2D eigenvalue weighted by molar-refractivity contribution is -0.138. The van der Waals surface area contributed by atoms with E-state index in [2.05, 4.69) is 15.6 Å². The monoisotopic (exact) mass is 465 g/mol. The number of carbonyl (C=O) groups excluding carboxylic acids is 1. The van der Waals surface area contributed by atoms with Gasteiger partial charge in [-0.05, 0) is 48.9 Å². The number of carbonyl (C=O) groups is 2. The van der Waals surface area contributed by atoms with Crippen molar-refractivity contribution in [1.29, 1.82) is 0 Å². The quantitative estimate of drug-likeness (QED) is 0.318. The highest BCUT2D eigenvalue weighted by molar-refractivity contribution is 6.10. The Balaban J connectivity index is 1.76. The van der Waals surface area contributed by atoms with Gasteiger partial charge in [-0.15, -0.1) is 0 Å². The summed E-state index contributed by atoms with van der Waals surface area (Å²) < 4.78 is 39.9. The SMILES string of the molecule is Cc1ccc(NC(=O)c2cc3ccccc3nc2-c2ccc(NC(=O)O)cc2)cc1C(F)(F)F. The van der Waals surface area contributed by atoms with Crippen LogP contribution in [0.1, 0.15) is 21.5 Å². The van der Waals surface area contributed by atoms with Crippen molar-refractivity contribution in [2.75, 3.05) is 10.6 Å². The lowest BCUT2D eigenvalue weighted by Gasteiger charge is -2.14. The summed E-state index contributed by atoms with van der Waals surface area (Å²) in [4.78, 5) is 28.6. The fourth-order valence-corrected chi connectivity index (χ4v) is 3.55. The molecule has 0 radical (unpaired) electrons. The molecule has 6 nitrogen and oxygen atoms in total. The van der Waals surface area contributed by atoms with Crippen LogP contribution in [0.25, 0.3) is 22.2 Å². The number of alkyl halides is 3. The summed E-state index contributed by atoms with van der Waals surface area (Å²) in [6.07, 6.45) is -5.76. The molecule has 2 amide bonds. The van der Waals surface area contributed by atoms with Crippen molar-refractivity contribution >= 4 is 34.3 Å². The highest BCUT2D eigenvalue weighted by Gasteiger charge is 2.32. The van der Waals surface area contributed by atoms with Gasteiger partial charge in [-0.1, -0.05) is 36.4 Å². The maximum Gasteiger partial charge on any atom is 0.416 e. The molecule has 0 aliphatic carbocycles. The number of nitrogens with zero attached hydrogens (tertiary/aromatic N) is 1. The van der Waals surface area contributed by atoms with E-state index in [1.54, 1.807) is 42.5 Å². The van der Waals surface area contributed by atoms with Crippen LogP contribution in [0, 0.1) is 6.92 Å².